The van der Waals surface area contributed by atoms with Crippen molar-refractivity contribution in [2.45, 2.75) is 26.4 Å². The van der Waals surface area contributed by atoms with E-state index in [9.17, 15) is 9.59 Å². The number of nitrogens with zero attached hydrogens (tertiary/aromatic N) is 4. The van der Waals surface area contributed by atoms with Crippen molar-refractivity contribution in [1.29, 1.82) is 0 Å². The van der Waals surface area contributed by atoms with E-state index < -0.39 is 5.60 Å². The molecule has 1 fully saturated rings. The molecule has 2 aromatic heterocycles. The van der Waals surface area contributed by atoms with Gasteiger partial charge in [0.2, 0.25) is 5.91 Å². The molecule has 3 rings (SSSR count). The van der Waals surface area contributed by atoms with E-state index >= 15 is 0 Å². The molecule has 140 valence electrons. The zero-order valence-corrected chi connectivity index (χ0v) is 16.5. The van der Waals surface area contributed by atoms with Gasteiger partial charge in [-0.05, 0) is 26.8 Å². The Morgan fingerprint density at radius 3 is 2.54 bits per heavy atom. The molecule has 7 nitrogen and oxygen atoms in total. The van der Waals surface area contributed by atoms with E-state index in [-0.39, 0.29) is 12.0 Å². The molecule has 26 heavy (non-hydrogen) atoms. The number of aromatic nitrogens is 2. The summed E-state index contributed by atoms with van der Waals surface area (Å²) in [6.07, 6.45) is 4.70. The molecule has 0 unspecified atom stereocenters. The van der Waals surface area contributed by atoms with E-state index in [1.807, 2.05) is 36.7 Å². The van der Waals surface area contributed by atoms with Crippen LogP contribution in [0, 0.1) is 0 Å². The Labute approximate surface area is 160 Å². The van der Waals surface area contributed by atoms with Crippen molar-refractivity contribution in [3.63, 3.8) is 0 Å². The Hall–Kier alpha value is -2.06. The third-order valence-electron chi connectivity index (χ3n) is 3.88. The molecule has 0 atom stereocenters. The van der Waals surface area contributed by atoms with Gasteiger partial charge in [0.25, 0.3) is 0 Å². The van der Waals surface area contributed by atoms with Crippen LogP contribution in [0.2, 0.25) is 5.15 Å². The van der Waals surface area contributed by atoms with Gasteiger partial charge in [-0.3, -0.25) is 9.20 Å². The molecular formula is C17H21ClN4O3S. The summed E-state index contributed by atoms with van der Waals surface area (Å²) in [5.74, 6) is -0.116. The summed E-state index contributed by atoms with van der Waals surface area (Å²) in [5, 5.41) is 2.28. The lowest BCUT2D eigenvalue weighted by Crippen LogP contribution is -2.51. The lowest BCUT2D eigenvalue weighted by atomic mass is 10.2. The highest BCUT2D eigenvalue weighted by atomic mass is 35.5. The molecule has 2 aromatic rings. The van der Waals surface area contributed by atoms with Crippen LogP contribution in [0.4, 0.5) is 4.79 Å². The maximum Gasteiger partial charge on any atom is 0.410 e. The predicted molar refractivity (Wildman–Crippen MR) is 102 cm³/mol. The first kappa shape index (κ1) is 18.7. The van der Waals surface area contributed by atoms with Gasteiger partial charge in [-0.25, -0.2) is 9.78 Å². The van der Waals surface area contributed by atoms with Gasteiger partial charge in [0.15, 0.2) is 10.1 Å². The van der Waals surface area contributed by atoms with Crippen molar-refractivity contribution in [1.82, 2.24) is 19.2 Å². The third kappa shape index (κ3) is 4.19. The van der Waals surface area contributed by atoms with Gasteiger partial charge >= 0.3 is 6.09 Å². The lowest BCUT2D eigenvalue weighted by molar-refractivity contribution is -0.127. The summed E-state index contributed by atoms with van der Waals surface area (Å²) < 4.78 is 7.21. The Kier molecular flexibility index (Phi) is 5.24. The first-order valence-corrected chi connectivity index (χ1v) is 9.56. The second kappa shape index (κ2) is 7.28. The Balaban J connectivity index is 1.58. The van der Waals surface area contributed by atoms with Gasteiger partial charge in [-0.1, -0.05) is 11.6 Å². The van der Waals surface area contributed by atoms with Crippen LogP contribution in [-0.4, -0.2) is 63.0 Å². The molecular weight excluding hydrogens is 376 g/mol. The van der Waals surface area contributed by atoms with Crippen LogP contribution < -0.4 is 0 Å². The van der Waals surface area contributed by atoms with Gasteiger partial charge < -0.3 is 14.5 Å². The number of hydrogen-bond donors (Lipinski definition) is 0. The quantitative estimate of drug-likeness (QED) is 0.731. The molecule has 0 radical (unpaired) electrons. The fourth-order valence-electron chi connectivity index (χ4n) is 2.62. The van der Waals surface area contributed by atoms with Crippen LogP contribution in [-0.2, 0) is 9.53 Å². The fraction of sp³-hybridized carbons (Fsp3) is 0.471. The first-order valence-electron chi connectivity index (χ1n) is 8.30. The monoisotopic (exact) mass is 396 g/mol. The highest BCUT2D eigenvalue weighted by molar-refractivity contribution is 7.15. The molecule has 1 aliphatic rings. The van der Waals surface area contributed by atoms with Gasteiger partial charge in [-0.15, -0.1) is 11.3 Å². The standard InChI is InChI=1S/C17H21ClN4O3S/c1-17(2,3)25-16(24)21-8-6-20(7-9-21)13(23)5-4-12-14(18)19-15-22(12)10-11-26-15/h4-5,10-11H,6-9H2,1-3H3/b5-4+. The second-order valence-corrected chi connectivity index (χ2v) is 8.20. The van der Waals surface area contributed by atoms with E-state index in [1.165, 1.54) is 17.4 Å². The number of carbonyl (C=O) groups is 2. The van der Waals surface area contributed by atoms with E-state index in [4.69, 9.17) is 16.3 Å². The maximum atomic E-state index is 12.4. The molecule has 0 N–H and O–H groups in total. The highest BCUT2D eigenvalue weighted by Gasteiger charge is 2.27. The topological polar surface area (TPSA) is 67.2 Å². The molecule has 1 saturated heterocycles. The molecule has 0 aliphatic carbocycles. The predicted octanol–water partition coefficient (Wildman–Crippen LogP) is 3.14. The fourth-order valence-corrected chi connectivity index (χ4v) is 3.62. The molecule has 0 spiro atoms. The summed E-state index contributed by atoms with van der Waals surface area (Å²) in [6, 6.07) is 0. The number of hydrogen-bond acceptors (Lipinski definition) is 5. The largest absolute Gasteiger partial charge is 0.444 e. The maximum absolute atomic E-state index is 12.4. The van der Waals surface area contributed by atoms with Crippen molar-refractivity contribution >= 4 is 46.0 Å². The van der Waals surface area contributed by atoms with Crippen LogP contribution in [0.3, 0.4) is 0 Å². The zero-order chi connectivity index (χ0) is 18.9. The van der Waals surface area contributed by atoms with Crippen molar-refractivity contribution in [3.8, 4) is 0 Å². The first-order chi connectivity index (χ1) is 12.2. The normalized spacial score (nSPS) is 15.8. The lowest BCUT2D eigenvalue weighted by Gasteiger charge is -2.35. The molecule has 3 heterocycles. The van der Waals surface area contributed by atoms with Crippen molar-refractivity contribution in [3.05, 3.63) is 28.5 Å². The number of ether oxygens (including phenoxy) is 1. The summed E-state index contributed by atoms with van der Waals surface area (Å²) >= 11 is 7.61. The Bertz CT molecular complexity index is 844. The SMILES string of the molecule is CC(C)(C)OC(=O)N1CCN(C(=O)/C=C/c2c(Cl)nc3sccn23)CC1. The van der Waals surface area contributed by atoms with Crippen LogP contribution in [0.25, 0.3) is 11.0 Å². The molecule has 0 bridgehead atoms. The van der Waals surface area contributed by atoms with Crippen LogP contribution >= 0.6 is 22.9 Å². The second-order valence-electron chi connectivity index (χ2n) is 6.97. The number of halogens is 1. The van der Waals surface area contributed by atoms with Gasteiger partial charge in [0.1, 0.15) is 5.60 Å². The molecule has 0 aromatic carbocycles. The van der Waals surface area contributed by atoms with Gasteiger partial charge in [0, 0.05) is 43.8 Å². The van der Waals surface area contributed by atoms with Crippen molar-refractivity contribution in [2.24, 2.45) is 0 Å². The summed E-state index contributed by atoms with van der Waals surface area (Å²) in [6.45, 7) is 7.35. The molecule has 9 heteroatoms. The average Bonchev–Trinajstić information content (AvgIpc) is 3.12. The smallest absolute Gasteiger partial charge is 0.410 e. The minimum atomic E-state index is -0.524. The third-order valence-corrected chi connectivity index (χ3v) is 4.92. The molecule has 1 aliphatic heterocycles. The van der Waals surface area contributed by atoms with Gasteiger partial charge in [0.05, 0.1) is 5.69 Å². The van der Waals surface area contributed by atoms with Gasteiger partial charge in [-0.2, -0.15) is 0 Å². The van der Waals surface area contributed by atoms with E-state index in [2.05, 4.69) is 4.98 Å². The number of rotatable bonds is 2. The van der Waals surface area contributed by atoms with Crippen molar-refractivity contribution in [2.75, 3.05) is 26.2 Å². The Morgan fingerprint density at radius 1 is 1.23 bits per heavy atom. The number of imidazole rings is 1. The minimum absolute atomic E-state index is 0.116. The van der Waals surface area contributed by atoms with Crippen LogP contribution in [0.1, 0.15) is 26.5 Å². The zero-order valence-electron chi connectivity index (χ0n) is 14.9. The number of carbonyl (C=O) groups excluding carboxylic acids is 2. The summed E-state index contributed by atoms with van der Waals surface area (Å²) in [4.78, 5) is 32.8. The van der Waals surface area contributed by atoms with E-state index in [1.54, 1.807) is 15.9 Å². The number of thiazole rings is 1. The Morgan fingerprint density at radius 2 is 1.88 bits per heavy atom. The van der Waals surface area contributed by atoms with Crippen LogP contribution in [0.5, 0.6) is 0 Å². The molecule has 0 saturated carbocycles. The average molecular weight is 397 g/mol. The highest BCUT2D eigenvalue weighted by Crippen LogP contribution is 2.22. The summed E-state index contributed by atoms with van der Waals surface area (Å²) in [7, 11) is 0. The minimum Gasteiger partial charge on any atom is -0.444 e. The van der Waals surface area contributed by atoms with E-state index in [0.717, 1.165) is 4.96 Å². The van der Waals surface area contributed by atoms with E-state index in [0.29, 0.717) is 37.0 Å². The number of piperazine rings is 1. The van der Waals surface area contributed by atoms with Crippen LogP contribution in [0.15, 0.2) is 17.7 Å². The summed E-state index contributed by atoms with van der Waals surface area (Å²) in [5.41, 5.74) is 0.160. The number of amides is 2. The van der Waals surface area contributed by atoms with Crippen molar-refractivity contribution < 1.29 is 14.3 Å². The number of fused-ring (bicyclic) bond motifs is 1. The molecule has 2 amide bonds.